The number of aromatic nitrogens is 1. The van der Waals surface area contributed by atoms with Gasteiger partial charge in [-0.05, 0) is 24.5 Å². The summed E-state index contributed by atoms with van der Waals surface area (Å²) in [5.74, 6) is -0.334. The van der Waals surface area contributed by atoms with Gasteiger partial charge in [-0.1, -0.05) is 12.2 Å². The van der Waals surface area contributed by atoms with Crippen LogP contribution in [0.25, 0.3) is 6.08 Å². The molecule has 0 saturated heterocycles. The van der Waals surface area contributed by atoms with Gasteiger partial charge in [-0.2, -0.15) is 0 Å². The number of aryl methyl sites for hydroxylation is 1. The molecule has 0 aliphatic heterocycles. The summed E-state index contributed by atoms with van der Waals surface area (Å²) in [4.78, 5) is 15.4. The van der Waals surface area contributed by atoms with Crippen LogP contribution in [0, 0.1) is 0 Å². The molecule has 1 heterocycles. The minimum Gasteiger partial charge on any atom is -0.465 e. The van der Waals surface area contributed by atoms with Gasteiger partial charge in [0.15, 0.2) is 0 Å². The van der Waals surface area contributed by atoms with Crippen molar-refractivity contribution < 1.29 is 9.53 Å². The predicted molar refractivity (Wildman–Crippen MR) is 52.9 cm³/mol. The first-order valence-corrected chi connectivity index (χ1v) is 4.55. The summed E-state index contributed by atoms with van der Waals surface area (Å²) in [6.07, 6.45) is 7.64. The SMILES string of the molecule is COC(=O)c1cnc2c(c1)C=CCC2. The van der Waals surface area contributed by atoms with Crippen molar-refractivity contribution in [2.75, 3.05) is 7.11 Å². The molecule has 72 valence electrons. The highest BCUT2D eigenvalue weighted by molar-refractivity contribution is 5.89. The van der Waals surface area contributed by atoms with E-state index >= 15 is 0 Å². The first kappa shape index (κ1) is 8.94. The van der Waals surface area contributed by atoms with Crippen molar-refractivity contribution in [1.82, 2.24) is 4.98 Å². The lowest BCUT2D eigenvalue weighted by molar-refractivity contribution is 0.0600. The smallest absolute Gasteiger partial charge is 0.339 e. The van der Waals surface area contributed by atoms with Gasteiger partial charge in [-0.25, -0.2) is 4.79 Å². The van der Waals surface area contributed by atoms with E-state index in [1.165, 1.54) is 7.11 Å². The van der Waals surface area contributed by atoms with Crippen molar-refractivity contribution in [2.45, 2.75) is 12.8 Å². The Morgan fingerprint density at radius 2 is 2.43 bits per heavy atom. The molecule has 0 spiro atoms. The fraction of sp³-hybridized carbons (Fsp3) is 0.273. The number of allylic oxidation sites excluding steroid dienone is 1. The number of carbonyl (C=O) groups is 1. The van der Waals surface area contributed by atoms with E-state index in [0.717, 1.165) is 24.1 Å². The van der Waals surface area contributed by atoms with Crippen LogP contribution in [0.2, 0.25) is 0 Å². The number of rotatable bonds is 1. The summed E-state index contributed by atoms with van der Waals surface area (Å²) < 4.78 is 4.62. The molecule has 1 aliphatic carbocycles. The quantitative estimate of drug-likeness (QED) is 0.632. The van der Waals surface area contributed by atoms with E-state index in [-0.39, 0.29) is 5.97 Å². The van der Waals surface area contributed by atoms with Crippen LogP contribution in [0.5, 0.6) is 0 Å². The van der Waals surface area contributed by atoms with Crippen LogP contribution < -0.4 is 0 Å². The summed E-state index contributed by atoms with van der Waals surface area (Å²) in [5, 5.41) is 0. The van der Waals surface area contributed by atoms with E-state index in [1.807, 2.05) is 12.1 Å². The molecule has 3 heteroatoms. The lowest BCUT2D eigenvalue weighted by atomic mass is 10.0. The van der Waals surface area contributed by atoms with E-state index in [9.17, 15) is 4.79 Å². The van der Waals surface area contributed by atoms with Crippen molar-refractivity contribution in [3.8, 4) is 0 Å². The lowest BCUT2D eigenvalue weighted by Gasteiger charge is -2.09. The van der Waals surface area contributed by atoms with E-state index in [0.29, 0.717) is 5.56 Å². The van der Waals surface area contributed by atoms with Crippen molar-refractivity contribution in [3.63, 3.8) is 0 Å². The predicted octanol–water partition coefficient (Wildman–Crippen LogP) is 1.83. The topological polar surface area (TPSA) is 39.2 Å². The molecular formula is C11H11NO2. The molecule has 1 aromatic heterocycles. The van der Waals surface area contributed by atoms with E-state index in [1.54, 1.807) is 6.20 Å². The van der Waals surface area contributed by atoms with Crippen LogP contribution in [0.3, 0.4) is 0 Å². The van der Waals surface area contributed by atoms with Crippen LogP contribution in [-0.4, -0.2) is 18.1 Å². The number of methoxy groups -OCH3 is 1. The molecule has 2 rings (SSSR count). The average Bonchev–Trinajstić information content (AvgIpc) is 2.27. The molecule has 0 aromatic carbocycles. The van der Waals surface area contributed by atoms with Gasteiger partial charge in [0.1, 0.15) is 0 Å². The minimum atomic E-state index is -0.334. The average molecular weight is 189 g/mol. The normalized spacial score (nSPS) is 13.5. The number of fused-ring (bicyclic) bond motifs is 1. The van der Waals surface area contributed by atoms with E-state index in [4.69, 9.17) is 0 Å². The van der Waals surface area contributed by atoms with Gasteiger partial charge in [-0.3, -0.25) is 4.98 Å². The molecule has 0 amide bonds. The zero-order chi connectivity index (χ0) is 9.97. The molecule has 0 fully saturated rings. The molecule has 1 aromatic rings. The zero-order valence-electron chi connectivity index (χ0n) is 7.99. The maximum atomic E-state index is 11.2. The number of hydrogen-bond donors (Lipinski definition) is 0. The Morgan fingerprint density at radius 3 is 3.21 bits per heavy atom. The first-order chi connectivity index (χ1) is 6.81. The molecule has 0 N–H and O–H groups in total. The van der Waals surface area contributed by atoms with Crippen molar-refractivity contribution in [1.29, 1.82) is 0 Å². The van der Waals surface area contributed by atoms with Gasteiger partial charge in [0.2, 0.25) is 0 Å². The number of esters is 1. The second-order valence-electron chi connectivity index (χ2n) is 3.19. The van der Waals surface area contributed by atoms with Gasteiger partial charge >= 0.3 is 5.97 Å². The first-order valence-electron chi connectivity index (χ1n) is 4.55. The maximum absolute atomic E-state index is 11.2. The van der Waals surface area contributed by atoms with Gasteiger partial charge in [0.05, 0.1) is 12.7 Å². The number of ether oxygens (including phenoxy) is 1. The van der Waals surface area contributed by atoms with Crippen molar-refractivity contribution >= 4 is 12.0 Å². The van der Waals surface area contributed by atoms with Gasteiger partial charge in [-0.15, -0.1) is 0 Å². The molecule has 0 radical (unpaired) electrons. The van der Waals surface area contributed by atoms with Gasteiger partial charge in [0, 0.05) is 11.9 Å². The van der Waals surface area contributed by atoms with Gasteiger partial charge in [0.25, 0.3) is 0 Å². The zero-order valence-corrected chi connectivity index (χ0v) is 7.99. The van der Waals surface area contributed by atoms with E-state index < -0.39 is 0 Å². The highest BCUT2D eigenvalue weighted by Crippen LogP contribution is 2.18. The number of nitrogens with zero attached hydrogens (tertiary/aromatic N) is 1. The number of hydrogen-bond acceptors (Lipinski definition) is 3. The van der Waals surface area contributed by atoms with Crippen LogP contribution in [0.4, 0.5) is 0 Å². The Kier molecular flexibility index (Phi) is 2.31. The fourth-order valence-corrected chi connectivity index (χ4v) is 1.52. The molecule has 0 bridgehead atoms. The second-order valence-corrected chi connectivity index (χ2v) is 3.19. The minimum absolute atomic E-state index is 0.334. The fourth-order valence-electron chi connectivity index (χ4n) is 1.52. The lowest BCUT2D eigenvalue weighted by Crippen LogP contribution is -2.05. The van der Waals surface area contributed by atoms with Crippen LogP contribution in [0.1, 0.15) is 28.0 Å². The van der Waals surface area contributed by atoms with Gasteiger partial charge < -0.3 is 4.74 Å². The largest absolute Gasteiger partial charge is 0.465 e. The van der Waals surface area contributed by atoms with Crippen LogP contribution >= 0.6 is 0 Å². The molecule has 14 heavy (non-hydrogen) atoms. The maximum Gasteiger partial charge on any atom is 0.339 e. The monoisotopic (exact) mass is 189 g/mol. The summed E-state index contributed by atoms with van der Waals surface area (Å²) in [7, 11) is 1.37. The molecule has 0 atom stereocenters. The molecule has 1 aliphatic rings. The van der Waals surface area contributed by atoms with Crippen molar-refractivity contribution in [2.24, 2.45) is 0 Å². The third-order valence-corrected chi connectivity index (χ3v) is 2.27. The van der Waals surface area contributed by atoms with E-state index in [2.05, 4.69) is 15.8 Å². The Hall–Kier alpha value is -1.64. The third kappa shape index (κ3) is 1.53. The summed E-state index contributed by atoms with van der Waals surface area (Å²) >= 11 is 0. The molecule has 0 saturated carbocycles. The third-order valence-electron chi connectivity index (χ3n) is 2.27. The second kappa shape index (κ2) is 3.62. The van der Waals surface area contributed by atoms with Crippen LogP contribution in [0.15, 0.2) is 18.3 Å². The Bertz CT molecular complexity index is 396. The Balaban J connectivity index is 2.40. The standard InChI is InChI=1S/C11H11NO2/c1-14-11(13)9-6-8-4-2-3-5-10(8)12-7-9/h2,4,6-7H,3,5H2,1H3. The number of carbonyl (C=O) groups excluding carboxylic acids is 1. The summed E-state index contributed by atoms with van der Waals surface area (Å²) in [6.45, 7) is 0. The highest BCUT2D eigenvalue weighted by Gasteiger charge is 2.10. The number of pyridine rings is 1. The molecular weight excluding hydrogens is 178 g/mol. The Labute approximate surface area is 82.4 Å². The van der Waals surface area contributed by atoms with Crippen molar-refractivity contribution in [3.05, 3.63) is 35.2 Å². The Morgan fingerprint density at radius 1 is 1.57 bits per heavy atom. The summed E-state index contributed by atoms with van der Waals surface area (Å²) in [6, 6.07) is 1.82. The van der Waals surface area contributed by atoms with Crippen LogP contribution in [-0.2, 0) is 11.2 Å². The highest BCUT2D eigenvalue weighted by atomic mass is 16.5. The molecule has 3 nitrogen and oxygen atoms in total. The molecule has 0 unspecified atom stereocenters. The summed E-state index contributed by atoms with van der Waals surface area (Å²) in [5.41, 5.74) is 2.59.